The Morgan fingerprint density at radius 1 is 0.239 bits per heavy atom. The van der Waals surface area contributed by atoms with E-state index in [-0.39, 0.29) is 0 Å². The highest BCUT2D eigenvalue weighted by molar-refractivity contribution is 7.27. The lowest BCUT2D eigenvalue weighted by atomic mass is 9.94. The van der Waals surface area contributed by atoms with E-state index in [1.165, 1.54) is 84.5 Å². The third-order valence-electron chi connectivity index (χ3n) is 18.6. The van der Waals surface area contributed by atoms with Gasteiger partial charge in [-0.1, -0.05) is 231 Å². The van der Waals surface area contributed by atoms with Gasteiger partial charge < -0.3 is 18.0 Å². The maximum absolute atomic E-state index is 6.85. The van der Waals surface area contributed by atoms with Crippen LogP contribution in [0.3, 0.4) is 0 Å². The van der Waals surface area contributed by atoms with Crippen LogP contribution in [0, 0.1) is 0 Å². The minimum absolute atomic E-state index is 0.914. The number of thiophene rings is 2. The molecule has 0 unspecified atom stereocenters. The molecular weight excluding hydrogens is 1160 g/mol. The van der Waals surface area contributed by atoms with Gasteiger partial charge in [0.2, 0.25) is 0 Å². The number of para-hydroxylation sites is 6. The maximum Gasteiger partial charge on any atom is 0.161 e. The number of nitrogens with zero attached hydrogens (tertiary/aromatic N) is 2. The summed E-state index contributed by atoms with van der Waals surface area (Å²) in [5.41, 5.74) is 22.4. The molecule has 0 saturated carbocycles. The van der Waals surface area contributed by atoms with Crippen LogP contribution in [0.4, 0.5) is 0 Å². The summed E-state index contributed by atoms with van der Waals surface area (Å²) in [6.45, 7) is 0. The van der Waals surface area contributed by atoms with E-state index in [2.05, 4.69) is 325 Å². The number of benzene rings is 14. The van der Waals surface area contributed by atoms with Crippen LogP contribution >= 0.6 is 22.7 Å². The van der Waals surface area contributed by atoms with Crippen LogP contribution < -0.4 is 0 Å². The van der Waals surface area contributed by atoms with E-state index in [9.17, 15) is 0 Å². The van der Waals surface area contributed by atoms with E-state index in [4.69, 9.17) is 8.83 Å². The molecule has 14 aromatic carbocycles. The first-order chi connectivity index (χ1) is 45.7. The molecule has 6 heterocycles. The Balaban J connectivity index is 0.000000132. The van der Waals surface area contributed by atoms with Crippen molar-refractivity contribution >= 4 is 140 Å². The van der Waals surface area contributed by atoms with Crippen molar-refractivity contribution in [3.63, 3.8) is 0 Å². The van der Waals surface area contributed by atoms with Gasteiger partial charge in [0, 0.05) is 84.4 Å². The first-order valence-electron chi connectivity index (χ1n) is 31.2. The summed E-state index contributed by atoms with van der Waals surface area (Å²) in [5, 5.41) is 12.3. The SMILES string of the molecule is c1ccc(-c2cccc3c2sc2cccc(-c4cccc(-c5cccc6c5oc5c7ccccc7n(-c7ccccc7)c65)c4)c23)cc1.c1ccc(-n2c3ccccc3c3oc4c(-c5cccc(-c6cccc7sc8c9ccccc9ccc8c67)c5)cccc4c32)cc1. The molecule has 0 atom stereocenters. The monoisotopic (exact) mass is 1210 g/mol. The number of fused-ring (bicyclic) bond motifs is 18. The third kappa shape index (κ3) is 8.14. The Hall–Kier alpha value is -11.5. The van der Waals surface area contributed by atoms with Crippen LogP contribution in [0.25, 0.3) is 184 Å². The summed E-state index contributed by atoms with van der Waals surface area (Å²) in [5.74, 6) is 0. The fourth-order valence-corrected chi connectivity index (χ4v) is 17.1. The Morgan fingerprint density at radius 3 is 1.16 bits per heavy atom. The predicted molar refractivity (Wildman–Crippen MR) is 392 cm³/mol. The minimum atomic E-state index is 0.914. The second-order valence-corrected chi connectivity index (χ2v) is 25.8. The van der Waals surface area contributed by atoms with Crippen molar-refractivity contribution in [3.05, 3.63) is 315 Å². The van der Waals surface area contributed by atoms with Gasteiger partial charge in [0.25, 0.3) is 0 Å². The summed E-state index contributed by atoms with van der Waals surface area (Å²) in [6.07, 6.45) is 0. The van der Waals surface area contributed by atoms with Crippen molar-refractivity contribution in [1.29, 1.82) is 0 Å². The van der Waals surface area contributed by atoms with Crippen LogP contribution in [0.15, 0.2) is 324 Å². The Kier molecular flexibility index (Phi) is 12.0. The number of furan rings is 2. The van der Waals surface area contributed by atoms with E-state index < -0.39 is 0 Å². The van der Waals surface area contributed by atoms with Gasteiger partial charge in [-0.05, 0) is 140 Å². The zero-order chi connectivity index (χ0) is 60.4. The average molecular weight is 1210 g/mol. The van der Waals surface area contributed by atoms with E-state index in [1.54, 1.807) is 0 Å². The molecule has 0 aliphatic rings. The number of aromatic nitrogens is 2. The van der Waals surface area contributed by atoms with E-state index in [0.29, 0.717) is 0 Å². The predicted octanol–water partition coefficient (Wildman–Crippen LogP) is 25.3. The van der Waals surface area contributed by atoms with Gasteiger partial charge in [0.1, 0.15) is 22.2 Å². The van der Waals surface area contributed by atoms with E-state index in [0.717, 1.165) is 99.6 Å². The molecule has 0 amide bonds. The molecule has 0 radical (unpaired) electrons. The summed E-state index contributed by atoms with van der Waals surface area (Å²) in [4.78, 5) is 0. The highest BCUT2D eigenvalue weighted by Gasteiger charge is 2.24. The second-order valence-electron chi connectivity index (χ2n) is 23.7. The molecule has 92 heavy (non-hydrogen) atoms. The first kappa shape index (κ1) is 52.4. The Labute approximate surface area is 536 Å². The molecule has 0 N–H and O–H groups in total. The standard InChI is InChI=1S/C44H27NOS.C42H25NOS/c1-3-13-28(14-4-1)34-22-11-23-36-40-32(20-12-26-39(40)47-44(34)36)29-15-9-16-30(27-29)33-21-10-24-37-41-43(46-42(33)37)35-19-7-8-25-38(35)45(41)31-17-5-2-6-18-31;1-2-14-29(15-3-1)43-36-21-7-6-17-33(36)41-39(43)35-20-9-19-31(40(35)44-41)28-13-8-12-27(25-28)30-18-10-22-37-38(30)34-24-23-26-11-4-5-16-32(26)42(34)45-37/h1-27H;1-25H. The molecule has 20 rings (SSSR count). The lowest BCUT2D eigenvalue weighted by Gasteiger charge is -2.10. The van der Waals surface area contributed by atoms with Crippen LogP contribution in [-0.2, 0) is 0 Å². The van der Waals surface area contributed by atoms with Crippen molar-refractivity contribution in [2.45, 2.75) is 0 Å². The number of rotatable bonds is 7. The molecule has 430 valence electrons. The van der Waals surface area contributed by atoms with Crippen molar-refractivity contribution in [2.24, 2.45) is 0 Å². The van der Waals surface area contributed by atoms with Crippen molar-refractivity contribution < 1.29 is 8.83 Å². The van der Waals surface area contributed by atoms with Crippen molar-refractivity contribution in [3.8, 4) is 67.0 Å². The smallest absolute Gasteiger partial charge is 0.161 e. The lowest BCUT2D eigenvalue weighted by Crippen LogP contribution is -1.92. The highest BCUT2D eigenvalue weighted by atomic mass is 32.1. The van der Waals surface area contributed by atoms with Crippen molar-refractivity contribution in [2.75, 3.05) is 0 Å². The normalized spacial score (nSPS) is 11.9. The highest BCUT2D eigenvalue weighted by Crippen LogP contribution is 2.49. The maximum atomic E-state index is 6.85. The molecular formula is C86H52N2O2S2. The minimum Gasteiger partial charge on any atom is -0.453 e. The molecule has 6 heteroatoms. The molecule has 0 bridgehead atoms. The zero-order valence-electron chi connectivity index (χ0n) is 49.5. The van der Waals surface area contributed by atoms with Crippen LogP contribution in [0.2, 0.25) is 0 Å². The molecule has 4 nitrogen and oxygen atoms in total. The van der Waals surface area contributed by atoms with E-state index in [1.807, 2.05) is 22.7 Å². The molecule has 0 fully saturated rings. The zero-order valence-corrected chi connectivity index (χ0v) is 51.2. The van der Waals surface area contributed by atoms with Crippen LogP contribution in [0.1, 0.15) is 0 Å². The van der Waals surface area contributed by atoms with Gasteiger partial charge >= 0.3 is 0 Å². The number of hydrogen-bond donors (Lipinski definition) is 0. The molecule has 0 spiro atoms. The quantitative estimate of drug-likeness (QED) is 0.159. The second kappa shape index (κ2) is 21.0. The summed E-state index contributed by atoms with van der Waals surface area (Å²) >= 11 is 3.77. The Bertz CT molecular complexity index is 6320. The van der Waals surface area contributed by atoms with Gasteiger partial charge in [-0.25, -0.2) is 0 Å². The molecule has 0 aliphatic carbocycles. The summed E-state index contributed by atoms with van der Waals surface area (Å²) in [7, 11) is 0. The van der Waals surface area contributed by atoms with Gasteiger partial charge in [0.05, 0.1) is 11.0 Å². The van der Waals surface area contributed by atoms with Crippen LogP contribution in [-0.4, -0.2) is 9.13 Å². The summed E-state index contributed by atoms with van der Waals surface area (Å²) < 4.78 is 23.7. The Morgan fingerprint density at radius 2 is 0.620 bits per heavy atom. The number of hydrogen-bond acceptors (Lipinski definition) is 4. The van der Waals surface area contributed by atoms with Crippen molar-refractivity contribution in [1.82, 2.24) is 9.13 Å². The molecule has 0 aliphatic heterocycles. The fourth-order valence-electron chi connectivity index (χ4n) is 14.6. The topological polar surface area (TPSA) is 36.1 Å². The largest absolute Gasteiger partial charge is 0.453 e. The summed E-state index contributed by atoms with van der Waals surface area (Å²) in [6, 6.07) is 113. The van der Waals surface area contributed by atoms with Gasteiger partial charge in [0.15, 0.2) is 11.2 Å². The first-order valence-corrected chi connectivity index (χ1v) is 32.8. The molecule has 6 aromatic heterocycles. The van der Waals surface area contributed by atoms with Gasteiger partial charge in [-0.2, -0.15) is 0 Å². The van der Waals surface area contributed by atoms with Gasteiger partial charge in [-0.3, -0.25) is 0 Å². The third-order valence-corrected chi connectivity index (χ3v) is 21.0. The molecule has 0 saturated heterocycles. The lowest BCUT2D eigenvalue weighted by molar-refractivity contribution is 0.673. The van der Waals surface area contributed by atoms with E-state index >= 15 is 0 Å². The fraction of sp³-hybridized carbons (Fsp3) is 0. The van der Waals surface area contributed by atoms with Crippen LogP contribution in [0.5, 0.6) is 0 Å². The molecule has 20 aromatic rings. The van der Waals surface area contributed by atoms with Gasteiger partial charge in [-0.15, -0.1) is 22.7 Å². The average Bonchev–Trinajstić information content (AvgIpc) is 1.58.